The normalized spacial score (nSPS) is 9.73. The fourth-order valence-corrected chi connectivity index (χ4v) is 1.04. The van der Waals surface area contributed by atoms with Crippen LogP contribution in [-0.4, -0.2) is 19.3 Å². The molecular weight excluding hydrogens is 202 g/mol. The highest BCUT2D eigenvalue weighted by Gasteiger charge is 2.02. The molecule has 0 heterocycles. The maximum Gasteiger partial charge on any atom is 0.315 e. The smallest absolute Gasteiger partial charge is 0.315 e. The van der Waals surface area contributed by atoms with Crippen molar-refractivity contribution in [2.24, 2.45) is 0 Å². The van der Waals surface area contributed by atoms with Crippen LogP contribution >= 0.6 is 0 Å². The number of hydrogen-bond donors (Lipinski definition) is 2. The van der Waals surface area contributed by atoms with E-state index < -0.39 is 12.7 Å². The SMILES string of the molecule is O=C(NCCF)NCc1ccccc1F. The van der Waals surface area contributed by atoms with Crippen molar-refractivity contribution in [3.05, 3.63) is 35.6 Å². The van der Waals surface area contributed by atoms with Gasteiger partial charge in [0, 0.05) is 18.7 Å². The van der Waals surface area contributed by atoms with Crippen molar-refractivity contribution in [1.82, 2.24) is 10.6 Å². The Hall–Kier alpha value is -1.65. The zero-order chi connectivity index (χ0) is 11.1. The van der Waals surface area contributed by atoms with E-state index in [4.69, 9.17) is 0 Å². The molecule has 0 unspecified atom stereocenters. The highest BCUT2D eigenvalue weighted by atomic mass is 19.1. The van der Waals surface area contributed by atoms with E-state index in [1.807, 2.05) is 0 Å². The van der Waals surface area contributed by atoms with E-state index in [2.05, 4.69) is 10.6 Å². The fourth-order valence-electron chi connectivity index (χ4n) is 1.04. The lowest BCUT2D eigenvalue weighted by Crippen LogP contribution is -2.36. The zero-order valence-corrected chi connectivity index (χ0v) is 8.09. The molecule has 2 amide bonds. The molecule has 0 spiro atoms. The van der Waals surface area contributed by atoms with Gasteiger partial charge in [-0.25, -0.2) is 13.6 Å². The Morgan fingerprint density at radius 2 is 2.00 bits per heavy atom. The zero-order valence-electron chi connectivity index (χ0n) is 8.09. The summed E-state index contributed by atoms with van der Waals surface area (Å²) < 4.78 is 24.7. The first-order valence-corrected chi connectivity index (χ1v) is 4.55. The second kappa shape index (κ2) is 5.95. The first-order chi connectivity index (χ1) is 7.24. The van der Waals surface area contributed by atoms with Crippen molar-refractivity contribution in [2.45, 2.75) is 6.54 Å². The maximum absolute atomic E-state index is 13.1. The Balaban J connectivity index is 2.37. The van der Waals surface area contributed by atoms with Crippen molar-refractivity contribution in [3.63, 3.8) is 0 Å². The summed E-state index contributed by atoms with van der Waals surface area (Å²) in [6, 6.07) is 5.64. The molecule has 0 fully saturated rings. The van der Waals surface area contributed by atoms with Gasteiger partial charge in [-0.05, 0) is 6.07 Å². The number of benzene rings is 1. The monoisotopic (exact) mass is 214 g/mol. The lowest BCUT2D eigenvalue weighted by molar-refractivity contribution is 0.239. The van der Waals surface area contributed by atoms with Crippen LogP contribution in [0.4, 0.5) is 13.6 Å². The summed E-state index contributed by atoms with van der Waals surface area (Å²) >= 11 is 0. The third-order valence-corrected chi connectivity index (χ3v) is 1.78. The van der Waals surface area contributed by atoms with E-state index >= 15 is 0 Å². The van der Waals surface area contributed by atoms with Gasteiger partial charge in [0.15, 0.2) is 0 Å². The fraction of sp³-hybridized carbons (Fsp3) is 0.300. The molecule has 0 bridgehead atoms. The first-order valence-electron chi connectivity index (χ1n) is 4.55. The number of hydrogen-bond acceptors (Lipinski definition) is 1. The molecule has 1 aromatic rings. The van der Waals surface area contributed by atoms with Gasteiger partial charge in [-0.2, -0.15) is 0 Å². The van der Waals surface area contributed by atoms with Gasteiger partial charge in [-0.3, -0.25) is 0 Å². The quantitative estimate of drug-likeness (QED) is 0.785. The predicted octanol–water partition coefficient (Wildman–Crippen LogP) is 1.59. The summed E-state index contributed by atoms with van der Waals surface area (Å²) in [6.45, 7) is -0.568. The summed E-state index contributed by atoms with van der Waals surface area (Å²) in [7, 11) is 0. The molecule has 0 radical (unpaired) electrons. The van der Waals surface area contributed by atoms with E-state index in [0.717, 1.165) is 0 Å². The van der Waals surface area contributed by atoms with Gasteiger partial charge in [-0.1, -0.05) is 18.2 Å². The van der Waals surface area contributed by atoms with Crippen LogP contribution in [0.15, 0.2) is 24.3 Å². The van der Waals surface area contributed by atoms with Gasteiger partial charge >= 0.3 is 6.03 Å². The van der Waals surface area contributed by atoms with Gasteiger partial charge < -0.3 is 10.6 Å². The minimum absolute atomic E-state index is 0.0386. The first kappa shape index (κ1) is 11.4. The lowest BCUT2D eigenvalue weighted by atomic mass is 10.2. The van der Waals surface area contributed by atoms with Crippen LogP contribution in [0, 0.1) is 5.82 Å². The highest BCUT2D eigenvalue weighted by Crippen LogP contribution is 2.04. The molecule has 0 aromatic heterocycles. The van der Waals surface area contributed by atoms with Crippen LogP contribution in [0.1, 0.15) is 5.56 Å². The molecule has 2 N–H and O–H groups in total. The largest absolute Gasteiger partial charge is 0.336 e. The summed E-state index contributed by atoms with van der Waals surface area (Å²) in [4.78, 5) is 11.0. The summed E-state index contributed by atoms with van der Waals surface area (Å²) in [5.74, 6) is -0.372. The van der Waals surface area contributed by atoms with Gasteiger partial charge in [-0.15, -0.1) is 0 Å². The van der Waals surface area contributed by atoms with Gasteiger partial charge in [0.1, 0.15) is 12.5 Å². The molecule has 0 atom stereocenters. The number of urea groups is 1. The molecule has 0 saturated carbocycles. The van der Waals surface area contributed by atoms with E-state index in [9.17, 15) is 13.6 Å². The van der Waals surface area contributed by atoms with Crippen molar-refractivity contribution < 1.29 is 13.6 Å². The standard InChI is InChI=1S/C10H12F2N2O/c11-5-6-13-10(15)14-7-8-3-1-2-4-9(8)12/h1-4H,5-7H2,(H2,13,14,15). The van der Waals surface area contributed by atoms with Crippen LogP contribution in [-0.2, 0) is 6.54 Å². The highest BCUT2D eigenvalue weighted by molar-refractivity contribution is 5.73. The summed E-state index contributed by atoms with van der Waals surface area (Å²) in [5.41, 5.74) is 0.396. The average molecular weight is 214 g/mol. The van der Waals surface area contributed by atoms with Gasteiger partial charge in [0.25, 0.3) is 0 Å². The van der Waals surface area contributed by atoms with Gasteiger partial charge in [0.2, 0.25) is 0 Å². The van der Waals surface area contributed by atoms with Crippen molar-refractivity contribution in [1.29, 1.82) is 0 Å². The Bertz CT molecular complexity index is 331. The van der Waals surface area contributed by atoms with E-state index in [0.29, 0.717) is 5.56 Å². The van der Waals surface area contributed by atoms with Crippen LogP contribution < -0.4 is 10.6 Å². The molecule has 15 heavy (non-hydrogen) atoms. The maximum atomic E-state index is 13.1. The minimum atomic E-state index is -0.618. The predicted molar refractivity (Wildman–Crippen MR) is 52.6 cm³/mol. The number of carbonyl (C=O) groups is 1. The molecule has 1 rings (SSSR count). The summed E-state index contributed by atoms with van der Waals surface area (Å²) in [5, 5.41) is 4.69. The second-order valence-electron chi connectivity index (χ2n) is 2.89. The Kier molecular flexibility index (Phi) is 4.53. The molecule has 0 saturated heterocycles. The molecule has 3 nitrogen and oxygen atoms in total. The Morgan fingerprint density at radius 1 is 1.27 bits per heavy atom. The van der Waals surface area contributed by atoms with Crippen molar-refractivity contribution in [2.75, 3.05) is 13.2 Å². The topological polar surface area (TPSA) is 41.1 Å². The molecule has 5 heteroatoms. The molecular formula is C10H12F2N2O. The average Bonchev–Trinajstić information content (AvgIpc) is 2.25. The Labute approximate surface area is 86.5 Å². The number of carbonyl (C=O) groups excluding carboxylic acids is 1. The number of nitrogens with one attached hydrogen (secondary N) is 2. The number of halogens is 2. The molecule has 0 aliphatic rings. The molecule has 0 aliphatic carbocycles. The van der Waals surface area contributed by atoms with Crippen molar-refractivity contribution >= 4 is 6.03 Å². The number of alkyl halides is 1. The summed E-state index contributed by atoms with van der Waals surface area (Å²) in [6.07, 6.45) is 0. The second-order valence-corrected chi connectivity index (χ2v) is 2.89. The molecule has 0 aliphatic heterocycles. The molecule has 1 aromatic carbocycles. The van der Waals surface area contributed by atoms with Crippen LogP contribution in [0.25, 0.3) is 0 Å². The lowest BCUT2D eigenvalue weighted by Gasteiger charge is -2.06. The number of rotatable bonds is 4. The van der Waals surface area contributed by atoms with Crippen molar-refractivity contribution in [3.8, 4) is 0 Å². The van der Waals surface area contributed by atoms with E-state index in [-0.39, 0.29) is 18.9 Å². The van der Waals surface area contributed by atoms with E-state index in [1.165, 1.54) is 6.07 Å². The Morgan fingerprint density at radius 3 is 2.67 bits per heavy atom. The molecule has 82 valence electrons. The van der Waals surface area contributed by atoms with Crippen LogP contribution in [0.2, 0.25) is 0 Å². The van der Waals surface area contributed by atoms with Gasteiger partial charge in [0.05, 0.1) is 0 Å². The third-order valence-electron chi connectivity index (χ3n) is 1.78. The number of amides is 2. The van der Waals surface area contributed by atoms with E-state index in [1.54, 1.807) is 18.2 Å². The van der Waals surface area contributed by atoms with Crippen LogP contribution in [0.3, 0.4) is 0 Å². The third kappa shape index (κ3) is 3.93. The minimum Gasteiger partial charge on any atom is -0.336 e. The van der Waals surface area contributed by atoms with Crippen LogP contribution in [0.5, 0.6) is 0 Å².